The largest absolute Gasteiger partial charge is 0.437 e. The van der Waals surface area contributed by atoms with Crippen LogP contribution in [0.3, 0.4) is 0 Å². The van der Waals surface area contributed by atoms with E-state index in [1.807, 2.05) is 12.1 Å². The summed E-state index contributed by atoms with van der Waals surface area (Å²) in [7, 11) is 0. The van der Waals surface area contributed by atoms with Crippen molar-refractivity contribution < 1.29 is 18.7 Å². The summed E-state index contributed by atoms with van der Waals surface area (Å²) in [5, 5.41) is 13.6. The molecule has 6 N–H and O–H groups in total. The normalized spacial score (nSPS) is 14.3. The first kappa shape index (κ1) is 32.2. The van der Waals surface area contributed by atoms with Crippen molar-refractivity contribution in [3.63, 3.8) is 0 Å². The van der Waals surface area contributed by atoms with Gasteiger partial charge < -0.3 is 31.2 Å². The Morgan fingerprint density at radius 2 is 1.71 bits per heavy atom. The van der Waals surface area contributed by atoms with Gasteiger partial charge in [0.2, 0.25) is 11.6 Å². The number of anilines is 2. The van der Waals surface area contributed by atoms with Gasteiger partial charge >= 0.3 is 0 Å². The molecule has 1 aliphatic heterocycles. The number of furan rings is 1. The van der Waals surface area contributed by atoms with Crippen LogP contribution in [0.2, 0.25) is 0 Å². The number of piperidine rings is 1. The van der Waals surface area contributed by atoms with Gasteiger partial charge in [0, 0.05) is 29.9 Å². The van der Waals surface area contributed by atoms with Gasteiger partial charge in [-0.3, -0.25) is 4.79 Å². The molecule has 1 fully saturated rings. The topological polar surface area (TPSA) is 144 Å². The minimum atomic E-state index is -0.607. The molecule has 0 unspecified atom stereocenters. The molecule has 4 aromatic rings. The first-order chi connectivity index (χ1) is 18.9. The summed E-state index contributed by atoms with van der Waals surface area (Å²) in [5.74, 6) is 0.693. The minimum absolute atomic E-state index is 0. The number of aromatic nitrogens is 2. The van der Waals surface area contributed by atoms with Gasteiger partial charge in [-0.25, -0.2) is 14.4 Å². The van der Waals surface area contributed by atoms with Crippen molar-refractivity contribution in [2.75, 3.05) is 29.9 Å². The van der Waals surface area contributed by atoms with Gasteiger partial charge in [-0.05, 0) is 74.2 Å². The fraction of sp³-hybridized carbons (Fsp3) is 0.345. The van der Waals surface area contributed by atoms with Gasteiger partial charge in [-0.2, -0.15) is 0 Å². The highest BCUT2D eigenvalue weighted by atomic mass is 35.5. The van der Waals surface area contributed by atoms with Crippen LogP contribution in [0, 0.1) is 5.82 Å². The summed E-state index contributed by atoms with van der Waals surface area (Å²) in [4.78, 5) is 23.6. The van der Waals surface area contributed by atoms with Gasteiger partial charge in [0.25, 0.3) is 0 Å². The molecule has 5 rings (SSSR count). The van der Waals surface area contributed by atoms with Crippen molar-refractivity contribution in [3.8, 4) is 22.5 Å². The smallest absolute Gasteiger partial charge is 0.241 e. The Kier molecular flexibility index (Phi) is 11.5. The molecule has 0 aliphatic carbocycles. The number of carbonyl (C=O) groups excluding carboxylic acids is 1. The van der Waals surface area contributed by atoms with Gasteiger partial charge in [-0.1, -0.05) is 18.6 Å². The standard InChI is InChI=1S/C29H33FN6O3.2ClH/c30-20-8-4-18(5-9-20)24-25-27(36-15-12-22(37)13-16-36)33-17-34-29(25)39-26(24)19-6-10-21(11-7-19)35-28(38)23(32)3-1-2-14-31;;/h4-11,17,22-23,37H,1-3,12-16,31-32H2,(H,35,38);2*1H/t23-;;/m0../s1. The number of rotatable bonds is 9. The Morgan fingerprint density at radius 3 is 2.37 bits per heavy atom. The second-order valence-electron chi connectivity index (χ2n) is 9.87. The first-order valence-corrected chi connectivity index (χ1v) is 13.3. The number of nitrogens with zero attached hydrogens (tertiary/aromatic N) is 3. The average molecular weight is 606 g/mol. The van der Waals surface area contributed by atoms with Gasteiger partial charge in [0.05, 0.1) is 17.5 Å². The van der Waals surface area contributed by atoms with E-state index < -0.39 is 6.04 Å². The monoisotopic (exact) mass is 604 g/mol. The van der Waals surface area contributed by atoms with Crippen LogP contribution < -0.4 is 21.7 Å². The van der Waals surface area contributed by atoms with Crippen LogP contribution in [0.15, 0.2) is 59.3 Å². The maximum absolute atomic E-state index is 13.8. The molecule has 9 nitrogen and oxygen atoms in total. The molecule has 1 saturated heterocycles. The molecule has 1 aliphatic rings. The summed E-state index contributed by atoms with van der Waals surface area (Å²) in [6.45, 7) is 1.88. The lowest BCUT2D eigenvalue weighted by molar-refractivity contribution is -0.117. The second-order valence-corrected chi connectivity index (χ2v) is 9.87. The number of aliphatic hydroxyl groups is 1. The second kappa shape index (κ2) is 14.6. The quantitative estimate of drug-likeness (QED) is 0.198. The zero-order valence-electron chi connectivity index (χ0n) is 22.5. The molecule has 0 bridgehead atoms. The fourth-order valence-corrected chi connectivity index (χ4v) is 4.91. The lowest BCUT2D eigenvalue weighted by Crippen LogP contribution is -2.36. The Balaban J connectivity index is 0.00000231. The zero-order chi connectivity index (χ0) is 27.4. The van der Waals surface area contributed by atoms with E-state index in [1.165, 1.54) is 18.5 Å². The predicted molar refractivity (Wildman–Crippen MR) is 164 cm³/mol. The van der Waals surface area contributed by atoms with Crippen molar-refractivity contribution in [2.45, 2.75) is 44.2 Å². The molecule has 0 saturated carbocycles. The molecule has 0 spiro atoms. The number of hydrogen-bond donors (Lipinski definition) is 4. The van der Waals surface area contributed by atoms with E-state index in [0.29, 0.717) is 61.9 Å². The highest BCUT2D eigenvalue weighted by Gasteiger charge is 2.27. The predicted octanol–water partition coefficient (Wildman–Crippen LogP) is 4.90. The number of benzene rings is 2. The van der Waals surface area contributed by atoms with Crippen molar-refractivity contribution in [1.29, 1.82) is 0 Å². The third-order valence-electron chi connectivity index (χ3n) is 7.09. The highest BCUT2D eigenvalue weighted by molar-refractivity contribution is 6.06. The van der Waals surface area contributed by atoms with E-state index >= 15 is 0 Å². The van der Waals surface area contributed by atoms with Crippen LogP contribution in [0.5, 0.6) is 0 Å². The summed E-state index contributed by atoms with van der Waals surface area (Å²) >= 11 is 0. The average Bonchev–Trinajstić information content (AvgIpc) is 3.34. The highest BCUT2D eigenvalue weighted by Crippen LogP contribution is 2.44. The zero-order valence-corrected chi connectivity index (χ0v) is 24.1. The molecule has 1 amide bonds. The summed E-state index contributed by atoms with van der Waals surface area (Å²) in [5.41, 5.74) is 14.9. The van der Waals surface area contributed by atoms with Gasteiger partial charge in [0.1, 0.15) is 23.7 Å². The molecule has 2 aromatic heterocycles. The third-order valence-corrected chi connectivity index (χ3v) is 7.09. The molecule has 41 heavy (non-hydrogen) atoms. The third kappa shape index (κ3) is 7.33. The molecule has 12 heteroatoms. The Hall–Kier alpha value is -3.28. The SMILES string of the molecule is Cl.Cl.NCCCC[C@H](N)C(=O)Nc1ccc(-c2oc3ncnc(N4CCC(O)CC4)c3c2-c2ccc(F)cc2)cc1. The van der Waals surface area contributed by atoms with Crippen LogP contribution in [0.4, 0.5) is 15.9 Å². The number of nitrogens with one attached hydrogen (secondary N) is 1. The summed E-state index contributed by atoms with van der Waals surface area (Å²) < 4.78 is 20.1. The molecule has 3 heterocycles. The Bertz CT molecular complexity index is 1430. The number of nitrogens with two attached hydrogens (primary N) is 2. The van der Waals surface area contributed by atoms with Crippen LogP contribution >= 0.6 is 24.8 Å². The number of unbranched alkanes of at least 4 members (excludes halogenated alkanes) is 1. The molecule has 0 radical (unpaired) electrons. The van der Waals surface area contributed by atoms with Gasteiger partial charge in [0.15, 0.2) is 0 Å². The summed E-state index contributed by atoms with van der Waals surface area (Å²) in [6.07, 6.45) is 4.63. The maximum atomic E-state index is 13.8. The van der Waals surface area contributed by atoms with E-state index in [1.54, 1.807) is 24.3 Å². The first-order valence-electron chi connectivity index (χ1n) is 13.3. The fourth-order valence-electron chi connectivity index (χ4n) is 4.91. The molecule has 1 atom stereocenters. The van der Waals surface area contributed by atoms with E-state index in [4.69, 9.17) is 15.9 Å². The number of fused-ring (bicyclic) bond motifs is 1. The van der Waals surface area contributed by atoms with Crippen molar-refractivity contribution in [3.05, 3.63) is 60.7 Å². The number of carbonyl (C=O) groups is 1. The number of halogens is 3. The van der Waals surface area contributed by atoms with Crippen LogP contribution in [0.25, 0.3) is 33.6 Å². The van der Waals surface area contributed by atoms with Crippen molar-refractivity contribution in [2.24, 2.45) is 11.5 Å². The number of hydrogen-bond acceptors (Lipinski definition) is 8. The van der Waals surface area contributed by atoms with Crippen LogP contribution in [-0.4, -0.2) is 52.8 Å². The Labute approximate surface area is 250 Å². The Morgan fingerprint density at radius 1 is 1.05 bits per heavy atom. The number of aliphatic hydroxyl groups excluding tert-OH is 1. The van der Waals surface area contributed by atoms with Crippen LogP contribution in [-0.2, 0) is 4.79 Å². The lowest BCUT2D eigenvalue weighted by atomic mass is 9.98. The number of amides is 1. The van der Waals surface area contributed by atoms with E-state index in [2.05, 4.69) is 20.2 Å². The summed E-state index contributed by atoms with van der Waals surface area (Å²) in [6, 6.07) is 12.9. The maximum Gasteiger partial charge on any atom is 0.241 e. The van der Waals surface area contributed by atoms with E-state index in [-0.39, 0.29) is 42.6 Å². The molecule has 220 valence electrons. The molecular formula is C29H35Cl2FN6O3. The van der Waals surface area contributed by atoms with E-state index in [0.717, 1.165) is 34.9 Å². The van der Waals surface area contributed by atoms with Crippen molar-refractivity contribution in [1.82, 2.24) is 9.97 Å². The molecule has 2 aromatic carbocycles. The minimum Gasteiger partial charge on any atom is -0.437 e. The van der Waals surface area contributed by atoms with Crippen LogP contribution in [0.1, 0.15) is 32.1 Å². The van der Waals surface area contributed by atoms with Crippen molar-refractivity contribution >= 4 is 53.3 Å². The van der Waals surface area contributed by atoms with E-state index in [9.17, 15) is 14.3 Å². The lowest BCUT2D eigenvalue weighted by Gasteiger charge is -2.30. The molecular weight excluding hydrogens is 570 g/mol. The van der Waals surface area contributed by atoms with Gasteiger partial charge in [-0.15, -0.1) is 24.8 Å².